The molecule has 3 aromatic rings. The Morgan fingerprint density at radius 3 is 2.25 bits per heavy atom. The molecular weight excluding hydrogens is 462 g/mol. The number of nitro benzene ring substituents is 1. The molecule has 0 unspecified atom stereocenters. The van der Waals surface area contributed by atoms with E-state index in [1.807, 2.05) is 23.1 Å². The van der Waals surface area contributed by atoms with Crippen LogP contribution in [0, 0.1) is 10.1 Å². The third kappa shape index (κ3) is 3.97. The number of para-hydroxylation sites is 1. The number of benzene rings is 3. The number of ether oxygens (including phenoxy) is 2. The van der Waals surface area contributed by atoms with E-state index in [0.29, 0.717) is 30.2 Å². The third-order valence-corrected chi connectivity index (χ3v) is 6.87. The molecule has 0 saturated carbocycles. The summed E-state index contributed by atoms with van der Waals surface area (Å²) in [6.07, 6.45) is 0.697. The molecule has 184 valence electrons. The van der Waals surface area contributed by atoms with Crippen molar-refractivity contribution in [2.75, 3.05) is 25.7 Å². The Labute approximate surface area is 208 Å². The molecule has 1 saturated heterocycles. The summed E-state index contributed by atoms with van der Waals surface area (Å²) in [5, 5.41) is 11.2. The zero-order valence-corrected chi connectivity index (χ0v) is 19.9. The van der Waals surface area contributed by atoms with Crippen molar-refractivity contribution < 1.29 is 24.0 Å². The maximum atomic E-state index is 13.6. The van der Waals surface area contributed by atoms with Gasteiger partial charge in [-0.1, -0.05) is 30.3 Å². The molecule has 2 atom stereocenters. The number of methoxy groups -OCH3 is 2. The Morgan fingerprint density at radius 2 is 1.61 bits per heavy atom. The predicted octanol–water partition coefficient (Wildman–Crippen LogP) is 3.89. The lowest BCUT2D eigenvalue weighted by Gasteiger charge is -2.40. The molecule has 0 N–H and O–H groups in total. The van der Waals surface area contributed by atoms with Gasteiger partial charge >= 0.3 is 0 Å². The van der Waals surface area contributed by atoms with Crippen LogP contribution < -0.4 is 14.4 Å². The molecular formula is C27H25N3O6. The highest BCUT2D eigenvalue weighted by Gasteiger charge is 2.46. The minimum atomic E-state index is -0.667. The minimum Gasteiger partial charge on any atom is -0.493 e. The zero-order chi connectivity index (χ0) is 25.4. The van der Waals surface area contributed by atoms with Crippen LogP contribution in [-0.4, -0.2) is 48.4 Å². The fraction of sp³-hybridized carbons (Fsp3) is 0.259. The molecule has 0 aromatic heterocycles. The molecule has 0 spiro atoms. The van der Waals surface area contributed by atoms with Gasteiger partial charge in [0.25, 0.3) is 11.6 Å². The molecule has 5 rings (SSSR count). The number of amides is 2. The molecule has 2 amide bonds. The fourth-order valence-corrected chi connectivity index (χ4v) is 5.17. The van der Waals surface area contributed by atoms with Crippen molar-refractivity contribution in [3.63, 3.8) is 0 Å². The summed E-state index contributed by atoms with van der Waals surface area (Å²) >= 11 is 0. The molecule has 2 aliphatic rings. The first-order chi connectivity index (χ1) is 17.4. The van der Waals surface area contributed by atoms with Crippen LogP contribution in [0.1, 0.15) is 29.2 Å². The molecule has 36 heavy (non-hydrogen) atoms. The van der Waals surface area contributed by atoms with Crippen LogP contribution in [0.4, 0.5) is 11.4 Å². The van der Waals surface area contributed by atoms with Gasteiger partial charge in [-0.25, -0.2) is 4.90 Å². The number of nitrogens with zero attached hydrogens (tertiary/aromatic N) is 3. The van der Waals surface area contributed by atoms with Gasteiger partial charge in [0.1, 0.15) is 0 Å². The van der Waals surface area contributed by atoms with E-state index in [9.17, 15) is 19.7 Å². The predicted molar refractivity (Wildman–Crippen MR) is 132 cm³/mol. The van der Waals surface area contributed by atoms with Gasteiger partial charge in [-0.3, -0.25) is 24.6 Å². The van der Waals surface area contributed by atoms with Crippen LogP contribution in [0.2, 0.25) is 0 Å². The molecule has 0 aliphatic carbocycles. The average molecular weight is 488 g/mol. The van der Waals surface area contributed by atoms with E-state index in [1.165, 1.54) is 17.0 Å². The first kappa shape index (κ1) is 23.5. The lowest BCUT2D eigenvalue weighted by Crippen LogP contribution is -2.47. The van der Waals surface area contributed by atoms with Crippen LogP contribution in [0.5, 0.6) is 11.5 Å². The van der Waals surface area contributed by atoms with Gasteiger partial charge in [-0.05, 0) is 47.4 Å². The number of hydrogen-bond donors (Lipinski definition) is 0. The second-order valence-corrected chi connectivity index (χ2v) is 8.77. The molecule has 0 radical (unpaired) electrons. The summed E-state index contributed by atoms with van der Waals surface area (Å²) in [6.45, 7) is 0.524. The number of carbonyl (C=O) groups is 2. The third-order valence-electron chi connectivity index (χ3n) is 6.87. The van der Waals surface area contributed by atoms with Crippen molar-refractivity contribution in [2.24, 2.45) is 0 Å². The number of rotatable bonds is 6. The van der Waals surface area contributed by atoms with Gasteiger partial charge in [-0.2, -0.15) is 0 Å². The maximum absolute atomic E-state index is 13.6. The van der Waals surface area contributed by atoms with Crippen molar-refractivity contribution >= 4 is 23.2 Å². The van der Waals surface area contributed by atoms with Gasteiger partial charge in [0.05, 0.1) is 43.3 Å². The number of fused-ring (bicyclic) bond motifs is 1. The summed E-state index contributed by atoms with van der Waals surface area (Å²) < 4.78 is 11.0. The van der Waals surface area contributed by atoms with Gasteiger partial charge in [0.2, 0.25) is 5.91 Å². The van der Waals surface area contributed by atoms with Crippen molar-refractivity contribution in [2.45, 2.75) is 24.9 Å². The number of hydrogen-bond acceptors (Lipinski definition) is 7. The summed E-state index contributed by atoms with van der Waals surface area (Å²) in [6, 6.07) is 18.0. The second-order valence-electron chi connectivity index (χ2n) is 8.77. The van der Waals surface area contributed by atoms with Crippen LogP contribution in [0.25, 0.3) is 0 Å². The Bertz CT molecular complexity index is 1330. The van der Waals surface area contributed by atoms with E-state index in [-0.39, 0.29) is 23.9 Å². The Hall–Kier alpha value is -4.24. The number of nitro groups is 1. The summed E-state index contributed by atoms with van der Waals surface area (Å²) in [5.41, 5.74) is 3.25. The highest BCUT2D eigenvalue weighted by molar-refractivity contribution is 6.22. The van der Waals surface area contributed by atoms with Gasteiger partial charge in [-0.15, -0.1) is 0 Å². The quantitative estimate of drug-likeness (QED) is 0.295. The SMILES string of the molecule is COc1cc2c(cc1OC)[C@H](c1ccc([N+](=O)[O-])cc1)N([C@@H]1CC(=O)N(c3ccccc3)C1=O)CC2. The van der Waals surface area contributed by atoms with E-state index >= 15 is 0 Å². The number of carbonyl (C=O) groups excluding carboxylic acids is 2. The van der Waals surface area contributed by atoms with Crippen molar-refractivity contribution in [3.8, 4) is 11.5 Å². The van der Waals surface area contributed by atoms with Crippen LogP contribution >= 0.6 is 0 Å². The van der Waals surface area contributed by atoms with Crippen LogP contribution in [-0.2, 0) is 16.0 Å². The van der Waals surface area contributed by atoms with Crippen molar-refractivity contribution in [1.82, 2.24) is 4.90 Å². The Balaban J connectivity index is 1.59. The first-order valence-corrected chi connectivity index (χ1v) is 11.6. The van der Waals surface area contributed by atoms with E-state index in [0.717, 1.165) is 16.7 Å². The Kier molecular flexibility index (Phi) is 6.15. The normalized spacial score (nSPS) is 19.8. The molecule has 9 nitrogen and oxygen atoms in total. The van der Waals surface area contributed by atoms with Gasteiger partial charge in [0.15, 0.2) is 11.5 Å². The molecule has 3 aromatic carbocycles. The number of imide groups is 1. The van der Waals surface area contributed by atoms with E-state index in [2.05, 4.69) is 0 Å². The molecule has 1 fully saturated rings. The topological polar surface area (TPSA) is 102 Å². The molecule has 2 aliphatic heterocycles. The van der Waals surface area contributed by atoms with Crippen LogP contribution in [0.3, 0.4) is 0 Å². The first-order valence-electron chi connectivity index (χ1n) is 11.6. The lowest BCUT2D eigenvalue weighted by atomic mass is 9.86. The summed E-state index contributed by atoms with van der Waals surface area (Å²) in [4.78, 5) is 40.7. The molecule has 0 bridgehead atoms. The lowest BCUT2D eigenvalue weighted by molar-refractivity contribution is -0.384. The minimum absolute atomic E-state index is 0.0176. The zero-order valence-electron chi connectivity index (χ0n) is 19.9. The van der Waals surface area contributed by atoms with Gasteiger partial charge < -0.3 is 9.47 Å². The number of anilines is 1. The van der Waals surface area contributed by atoms with Crippen molar-refractivity contribution in [1.29, 1.82) is 0 Å². The van der Waals surface area contributed by atoms with Crippen LogP contribution in [0.15, 0.2) is 66.7 Å². The van der Waals surface area contributed by atoms with Crippen molar-refractivity contribution in [3.05, 3.63) is 93.5 Å². The monoisotopic (exact) mass is 487 g/mol. The second kappa shape index (κ2) is 9.43. The van der Waals surface area contributed by atoms with E-state index in [4.69, 9.17) is 9.47 Å². The van der Waals surface area contributed by atoms with E-state index < -0.39 is 17.0 Å². The average Bonchev–Trinajstić information content (AvgIpc) is 3.20. The van der Waals surface area contributed by atoms with E-state index in [1.54, 1.807) is 50.6 Å². The summed E-state index contributed by atoms with van der Waals surface area (Å²) in [5.74, 6) is 0.623. The molecule has 2 heterocycles. The standard InChI is InChI=1S/C27H25N3O6/c1-35-23-14-18-12-13-28(22-16-25(31)29(27(22)32)19-6-4-3-5-7-19)26(21(18)15-24(23)36-2)17-8-10-20(11-9-17)30(33)34/h3-11,14-15,22,26H,12-13,16H2,1-2H3/t22-,26+/m1/s1. The smallest absolute Gasteiger partial charge is 0.269 e. The summed E-state index contributed by atoms with van der Waals surface area (Å²) in [7, 11) is 3.14. The fourth-order valence-electron chi connectivity index (χ4n) is 5.17. The maximum Gasteiger partial charge on any atom is 0.269 e. The highest BCUT2D eigenvalue weighted by atomic mass is 16.6. The number of non-ortho nitro benzene ring substituents is 1. The largest absolute Gasteiger partial charge is 0.493 e. The highest BCUT2D eigenvalue weighted by Crippen LogP contribution is 2.43. The Morgan fingerprint density at radius 1 is 0.944 bits per heavy atom. The molecule has 9 heteroatoms. The van der Waals surface area contributed by atoms with Gasteiger partial charge in [0, 0.05) is 18.7 Å².